The van der Waals surface area contributed by atoms with E-state index in [4.69, 9.17) is 11.6 Å². The van der Waals surface area contributed by atoms with E-state index in [1.54, 1.807) is 30.3 Å². The van der Waals surface area contributed by atoms with Gasteiger partial charge < -0.3 is 10.2 Å². The number of sulfonamides is 1. The van der Waals surface area contributed by atoms with Gasteiger partial charge in [0.1, 0.15) is 6.04 Å². The van der Waals surface area contributed by atoms with Gasteiger partial charge in [-0.15, -0.1) is 0 Å². The number of halogens is 1. The first-order valence-electron chi connectivity index (χ1n) is 15.0. The van der Waals surface area contributed by atoms with Crippen LogP contribution in [0.3, 0.4) is 0 Å². The molecule has 0 aromatic heterocycles. The van der Waals surface area contributed by atoms with E-state index >= 15 is 0 Å². The fraction of sp³-hybridized carbons (Fsp3) is 0.314. The molecule has 0 saturated heterocycles. The van der Waals surface area contributed by atoms with E-state index < -0.39 is 28.5 Å². The summed E-state index contributed by atoms with van der Waals surface area (Å²) in [7, 11) is -2.60. The molecule has 230 valence electrons. The average Bonchev–Trinajstić information content (AvgIpc) is 3.04. The normalized spacial score (nSPS) is 14.8. The molecule has 1 fully saturated rings. The Balaban J connectivity index is 1.45. The number of carbonyl (C=O) groups excluding carboxylic acids is 2. The minimum atomic E-state index is -4.00. The van der Waals surface area contributed by atoms with Crippen molar-refractivity contribution >= 4 is 44.2 Å². The Hall–Kier alpha value is -3.72. The molecular formula is C35H38ClN3O4S. The Morgan fingerprint density at radius 3 is 2.20 bits per heavy atom. The van der Waals surface area contributed by atoms with E-state index in [9.17, 15) is 18.0 Å². The van der Waals surface area contributed by atoms with Crippen LogP contribution < -0.4 is 5.32 Å². The molecule has 5 rings (SSSR count). The number of nitrogens with zero attached hydrogens (tertiary/aromatic N) is 2. The van der Waals surface area contributed by atoms with E-state index in [-0.39, 0.29) is 23.4 Å². The van der Waals surface area contributed by atoms with Gasteiger partial charge in [-0.1, -0.05) is 104 Å². The molecule has 0 aliphatic heterocycles. The first-order chi connectivity index (χ1) is 21.2. The Bertz CT molecular complexity index is 1690. The van der Waals surface area contributed by atoms with Crippen molar-refractivity contribution in [3.8, 4) is 0 Å². The average molecular weight is 632 g/mol. The molecule has 2 amide bonds. The molecule has 7 nitrogen and oxygen atoms in total. The van der Waals surface area contributed by atoms with Crippen molar-refractivity contribution in [2.24, 2.45) is 0 Å². The van der Waals surface area contributed by atoms with Crippen molar-refractivity contribution in [1.82, 2.24) is 14.5 Å². The number of amides is 2. The molecule has 1 aliphatic rings. The second-order valence-electron chi connectivity index (χ2n) is 11.5. The van der Waals surface area contributed by atoms with E-state index in [0.29, 0.717) is 11.4 Å². The summed E-state index contributed by atoms with van der Waals surface area (Å²) in [6.45, 7) is -0.305. The summed E-state index contributed by atoms with van der Waals surface area (Å²) in [5.74, 6) is -0.699. The number of likely N-dealkylation sites (N-methyl/N-ethyl adjacent to an activating group) is 1. The molecule has 4 aromatic carbocycles. The Labute approximate surface area is 264 Å². The summed E-state index contributed by atoms with van der Waals surface area (Å²) >= 11 is 6.14. The van der Waals surface area contributed by atoms with E-state index in [2.05, 4.69) is 5.32 Å². The highest BCUT2D eigenvalue weighted by molar-refractivity contribution is 7.89. The second-order valence-corrected chi connectivity index (χ2v) is 13.9. The third-order valence-electron chi connectivity index (χ3n) is 8.28. The predicted molar refractivity (Wildman–Crippen MR) is 175 cm³/mol. The van der Waals surface area contributed by atoms with Crippen molar-refractivity contribution < 1.29 is 18.0 Å². The van der Waals surface area contributed by atoms with Crippen LogP contribution >= 0.6 is 11.6 Å². The van der Waals surface area contributed by atoms with E-state index in [0.717, 1.165) is 58.3 Å². The van der Waals surface area contributed by atoms with Gasteiger partial charge in [0.2, 0.25) is 21.8 Å². The second kappa shape index (κ2) is 14.4. The van der Waals surface area contributed by atoms with Gasteiger partial charge in [-0.25, -0.2) is 8.42 Å². The number of hydrogen-bond acceptors (Lipinski definition) is 4. The van der Waals surface area contributed by atoms with Gasteiger partial charge in [0.15, 0.2) is 0 Å². The van der Waals surface area contributed by atoms with Crippen molar-refractivity contribution in [2.75, 3.05) is 13.6 Å². The van der Waals surface area contributed by atoms with Gasteiger partial charge in [0.05, 0.1) is 11.4 Å². The van der Waals surface area contributed by atoms with Gasteiger partial charge in [0, 0.05) is 31.1 Å². The zero-order valence-corrected chi connectivity index (χ0v) is 26.4. The Kier molecular flexibility index (Phi) is 10.4. The number of hydrogen-bond donors (Lipinski definition) is 1. The number of carbonyl (C=O) groups is 2. The molecule has 0 radical (unpaired) electrons. The smallest absolute Gasteiger partial charge is 0.243 e. The Morgan fingerprint density at radius 2 is 1.50 bits per heavy atom. The molecule has 9 heteroatoms. The lowest BCUT2D eigenvalue weighted by atomic mass is 9.94. The Morgan fingerprint density at radius 1 is 0.841 bits per heavy atom. The molecule has 0 heterocycles. The first-order valence-corrected chi connectivity index (χ1v) is 16.9. The van der Waals surface area contributed by atoms with Crippen LogP contribution in [-0.4, -0.2) is 55.1 Å². The van der Waals surface area contributed by atoms with Gasteiger partial charge in [0.25, 0.3) is 0 Å². The molecule has 44 heavy (non-hydrogen) atoms. The number of nitrogens with one attached hydrogen (secondary N) is 1. The van der Waals surface area contributed by atoms with Crippen LogP contribution in [-0.2, 0) is 32.6 Å². The molecule has 1 saturated carbocycles. The lowest BCUT2D eigenvalue weighted by molar-refractivity contribution is -0.141. The van der Waals surface area contributed by atoms with Gasteiger partial charge in [-0.2, -0.15) is 4.31 Å². The van der Waals surface area contributed by atoms with Crippen molar-refractivity contribution in [3.63, 3.8) is 0 Å². The van der Waals surface area contributed by atoms with Crippen LogP contribution in [0.25, 0.3) is 10.8 Å². The molecular weight excluding hydrogens is 594 g/mol. The maximum absolute atomic E-state index is 14.2. The summed E-state index contributed by atoms with van der Waals surface area (Å²) < 4.78 is 28.4. The summed E-state index contributed by atoms with van der Waals surface area (Å²) in [6.07, 6.45) is 5.36. The molecule has 0 unspecified atom stereocenters. The third-order valence-corrected chi connectivity index (χ3v) is 10.3. The van der Waals surface area contributed by atoms with Gasteiger partial charge in [-0.3, -0.25) is 9.59 Å². The zero-order chi connectivity index (χ0) is 31.1. The molecule has 1 atom stereocenters. The third kappa shape index (κ3) is 7.86. The quantitative estimate of drug-likeness (QED) is 0.213. The summed E-state index contributed by atoms with van der Waals surface area (Å²) in [6, 6.07) is 28.3. The fourth-order valence-corrected chi connectivity index (χ4v) is 7.04. The highest BCUT2D eigenvalue weighted by atomic mass is 35.5. The summed E-state index contributed by atoms with van der Waals surface area (Å²) in [5, 5.41) is 5.48. The minimum Gasteiger partial charge on any atom is -0.352 e. The van der Waals surface area contributed by atoms with E-state index in [1.807, 2.05) is 66.7 Å². The standard InChI is InChI=1S/C35H38ClN3O4S/c1-38(44(42,43)32-21-18-28-12-8-9-13-29(28)23-32)25-34(40)39(24-27-16-19-30(36)20-17-27)33(22-26-10-4-2-5-11-26)35(41)37-31-14-6-3-7-15-31/h2,4-5,8-13,16-21,23,31,33H,3,6-7,14-15,22,24-25H2,1H3,(H,37,41)/t33-/m0/s1. The maximum Gasteiger partial charge on any atom is 0.243 e. The highest BCUT2D eigenvalue weighted by Gasteiger charge is 2.34. The van der Waals surface area contributed by atoms with Crippen LogP contribution in [0.15, 0.2) is 102 Å². The molecule has 0 bridgehead atoms. The molecule has 1 aliphatic carbocycles. The monoisotopic (exact) mass is 631 g/mol. The van der Waals surface area contributed by atoms with Crippen LogP contribution in [0.4, 0.5) is 0 Å². The largest absolute Gasteiger partial charge is 0.352 e. The summed E-state index contributed by atoms with van der Waals surface area (Å²) in [5.41, 5.74) is 1.69. The molecule has 1 N–H and O–H groups in total. The topological polar surface area (TPSA) is 86.8 Å². The van der Waals surface area contributed by atoms with Crippen LogP contribution in [0.1, 0.15) is 43.2 Å². The van der Waals surface area contributed by atoms with Gasteiger partial charge >= 0.3 is 0 Å². The highest BCUT2D eigenvalue weighted by Crippen LogP contribution is 2.23. The lowest BCUT2D eigenvalue weighted by Gasteiger charge is -2.34. The minimum absolute atomic E-state index is 0.0537. The first kappa shape index (κ1) is 31.7. The van der Waals surface area contributed by atoms with Gasteiger partial charge in [-0.05, 0) is 59.0 Å². The molecule has 0 spiro atoms. The number of benzene rings is 4. The maximum atomic E-state index is 14.2. The molecule has 4 aromatic rings. The lowest BCUT2D eigenvalue weighted by Crippen LogP contribution is -2.54. The predicted octanol–water partition coefficient (Wildman–Crippen LogP) is 6.20. The van der Waals surface area contributed by atoms with Crippen LogP contribution in [0, 0.1) is 0 Å². The fourth-order valence-electron chi connectivity index (χ4n) is 5.76. The number of fused-ring (bicyclic) bond motifs is 1. The van der Waals surface area contributed by atoms with Crippen LogP contribution in [0.2, 0.25) is 5.02 Å². The SMILES string of the molecule is CN(CC(=O)N(Cc1ccc(Cl)cc1)[C@@H](Cc1ccccc1)C(=O)NC1CCCCC1)S(=O)(=O)c1ccc2ccccc2c1. The zero-order valence-electron chi connectivity index (χ0n) is 24.9. The number of rotatable bonds is 11. The summed E-state index contributed by atoms with van der Waals surface area (Å²) in [4.78, 5) is 29.8. The van der Waals surface area contributed by atoms with E-state index in [1.165, 1.54) is 11.9 Å². The van der Waals surface area contributed by atoms with Crippen molar-refractivity contribution in [2.45, 2.75) is 62.0 Å². The van der Waals surface area contributed by atoms with Crippen LogP contribution in [0.5, 0.6) is 0 Å². The van der Waals surface area contributed by atoms with Crippen molar-refractivity contribution in [3.05, 3.63) is 113 Å². The van der Waals surface area contributed by atoms with Crippen molar-refractivity contribution in [1.29, 1.82) is 0 Å².